The van der Waals surface area contributed by atoms with Gasteiger partial charge in [0.05, 0.1) is 11.7 Å². The molecule has 3 aliphatic heterocycles. The Labute approximate surface area is 171 Å². The van der Waals surface area contributed by atoms with Crippen LogP contribution in [0.2, 0.25) is 0 Å². The molecule has 0 spiro atoms. The highest BCUT2D eigenvalue weighted by Crippen LogP contribution is 2.41. The minimum absolute atomic E-state index is 0.0928. The van der Waals surface area contributed by atoms with Crippen molar-refractivity contribution < 1.29 is 14.6 Å². The number of amides is 1. The Bertz CT molecular complexity index is 974. The standard InChI is InChI=1S/C24H26N2O3/c27-18-9-12-26(13-10-18)11-3-4-16-7-8-19-17(14-16)15-29-23(19)22-20-5-1-2-6-21(20)25-24(22)28/h1-2,5-8,14,18,27H,3-4,9-13,15H2,(H,25,28)/b23-22+. The minimum atomic E-state index is -0.111. The summed E-state index contributed by atoms with van der Waals surface area (Å²) in [5, 5.41) is 12.6. The summed E-state index contributed by atoms with van der Waals surface area (Å²) in [6.07, 6.45) is 3.82. The first kappa shape index (κ1) is 18.4. The average molecular weight is 390 g/mol. The van der Waals surface area contributed by atoms with E-state index in [1.807, 2.05) is 24.3 Å². The van der Waals surface area contributed by atoms with Crippen LogP contribution in [0.5, 0.6) is 0 Å². The lowest BCUT2D eigenvalue weighted by molar-refractivity contribution is -0.110. The number of hydrogen-bond donors (Lipinski definition) is 2. The van der Waals surface area contributed by atoms with Gasteiger partial charge in [0.25, 0.3) is 5.91 Å². The summed E-state index contributed by atoms with van der Waals surface area (Å²) in [4.78, 5) is 15.0. The molecule has 3 aliphatic rings. The third-order valence-electron chi connectivity index (χ3n) is 6.18. The highest BCUT2D eigenvalue weighted by Gasteiger charge is 2.32. The maximum absolute atomic E-state index is 12.5. The maximum Gasteiger partial charge on any atom is 0.260 e. The van der Waals surface area contributed by atoms with E-state index >= 15 is 0 Å². The number of rotatable bonds is 4. The number of carbonyl (C=O) groups is 1. The van der Waals surface area contributed by atoms with Gasteiger partial charge in [-0.25, -0.2) is 0 Å². The van der Waals surface area contributed by atoms with Crippen molar-refractivity contribution in [3.8, 4) is 0 Å². The molecular formula is C24H26N2O3. The number of carbonyl (C=O) groups excluding carboxylic acids is 1. The Kier molecular flexibility index (Phi) is 4.86. The first-order valence-corrected chi connectivity index (χ1v) is 10.5. The zero-order valence-electron chi connectivity index (χ0n) is 16.5. The van der Waals surface area contributed by atoms with E-state index in [9.17, 15) is 9.90 Å². The predicted octanol–water partition coefficient (Wildman–Crippen LogP) is 3.43. The average Bonchev–Trinajstić information content (AvgIpc) is 3.28. The fourth-order valence-electron chi connectivity index (χ4n) is 4.57. The third kappa shape index (κ3) is 3.56. The van der Waals surface area contributed by atoms with Crippen LogP contribution in [-0.2, 0) is 22.6 Å². The van der Waals surface area contributed by atoms with Gasteiger partial charge in [-0.05, 0) is 43.9 Å². The van der Waals surface area contributed by atoms with E-state index in [0.717, 1.165) is 67.7 Å². The number of aryl methyl sites for hydroxylation is 1. The van der Waals surface area contributed by atoms with Crippen molar-refractivity contribution in [1.29, 1.82) is 0 Å². The molecule has 0 bridgehead atoms. The van der Waals surface area contributed by atoms with Crippen molar-refractivity contribution in [2.45, 2.75) is 38.4 Å². The second-order valence-electron chi connectivity index (χ2n) is 8.16. The molecule has 2 N–H and O–H groups in total. The zero-order chi connectivity index (χ0) is 19.8. The fraction of sp³-hybridized carbons (Fsp3) is 0.375. The molecule has 5 heteroatoms. The van der Waals surface area contributed by atoms with Gasteiger partial charge >= 0.3 is 0 Å². The number of aliphatic hydroxyl groups is 1. The predicted molar refractivity (Wildman–Crippen MR) is 113 cm³/mol. The lowest BCUT2D eigenvalue weighted by Gasteiger charge is -2.29. The van der Waals surface area contributed by atoms with E-state index in [2.05, 4.69) is 28.4 Å². The molecule has 0 atom stereocenters. The van der Waals surface area contributed by atoms with E-state index in [1.54, 1.807) is 0 Å². The number of piperidine rings is 1. The van der Waals surface area contributed by atoms with Gasteiger partial charge in [-0.2, -0.15) is 0 Å². The van der Waals surface area contributed by atoms with Crippen LogP contribution in [0.4, 0.5) is 5.69 Å². The van der Waals surface area contributed by atoms with Crippen molar-refractivity contribution in [1.82, 2.24) is 4.90 Å². The molecular weight excluding hydrogens is 364 g/mol. The second kappa shape index (κ2) is 7.65. The number of fused-ring (bicyclic) bond motifs is 2. The van der Waals surface area contributed by atoms with E-state index in [4.69, 9.17) is 4.74 Å². The Morgan fingerprint density at radius 1 is 1.10 bits per heavy atom. The first-order valence-electron chi connectivity index (χ1n) is 10.5. The normalized spacial score (nSPS) is 21.6. The molecule has 0 aliphatic carbocycles. The summed E-state index contributed by atoms with van der Waals surface area (Å²) in [5.41, 5.74) is 5.89. The van der Waals surface area contributed by atoms with Gasteiger partial charge < -0.3 is 20.1 Å². The van der Waals surface area contributed by atoms with Crippen molar-refractivity contribution >= 4 is 22.9 Å². The molecule has 29 heavy (non-hydrogen) atoms. The van der Waals surface area contributed by atoms with Gasteiger partial charge in [0.15, 0.2) is 0 Å². The molecule has 3 heterocycles. The smallest absolute Gasteiger partial charge is 0.260 e. The highest BCUT2D eigenvalue weighted by molar-refractivity contribution is 6.36. The van der Waals surface area contributed by atoms with Crippen molar-refractivity contribution in [3.05, 3.63) is 64.7 Å². The van der Waals surface area contributed by atoms with Crippen molar-refractivity contribution in [2.75, 3.05) is 25.0 Å². The lowest BCUT2D eigenvalue weighted by atomic mass is 9.98. The summed E-state index contributed by atoms with van der Waals surface area (Å²) in [6, 6.07) is 14.2. The fourth-order valence-corrected chi connectivity index (χ4v) is 4.57. The number of aliphatic hydroxyl groups excluding tert-OH is 1. The van der Waals surface area contributed by atoms with E-state index in [0.29, 0.717) is 17.9 Å². The quantitative estimate of drug-likeness (QED) is 0.786. The monoisotopic (exact) mass is 390 g/mol. The Morgan fingerprint density at radius 3 is 2.79 bits per heavy atom. The van der Waals surface area contributed by atoms with Gasteiger partial charge in [0.2, 0.25) is 0 Å². The second-order valence-corrected chi connectivity index (χ2v) is 8.16. The number of nitrogens with zero attached hydrogens (tertiary/aromatic N) is 1. The lowest BCUT2D eigenvalue weighted by Crippen LogP contribution is -2.36. The zero-order valence-corrected chi connectivity index (χ0v) is 16.5. The van der Waals surface area contributed by atoms with E-state index < -0.39 is 0 Å². The molecule has 0 radical (unpaired) electrons. The van der Waals surface area contributed by atoms with Gasteiger partial charge in [-0.15, -0.1) is 0 Å². The summed E-state index contributed by atoms with van der Waals surface area (Å²) in [6.45, 7) is 3.59. The van der Waals surface area contributed by atoms with Crippen LogP contribution in [0.25, 0.3) is 11.3 Å². The number of likely N-dealkylation sites (tertiary alicyclic amines) is 1. The summed E-state index contributed by atoms with van der Waals surface area (Å²) in [5.74, 6) is 0.602. The minimum Gasteiger partial charge on any atom is -0.487 e. The Hall–Kier alpha value is -2.63. The molecule has 1 fully saturated rings. The molecule has 1 amide bonds. The number of hydrogen-bond acceptors (Lipinski definition) is 4. The molecule has 0 aromatic heterocycles. The topological polar surface area (TPSA) is 61.8 Å². The molecule has 5 rings (SSSR count). The summed E-state index contributed by atoms with van der Waals surface area (Å²) < 4.78 is 5.99. The van der Waals surface area contributed by atoms with Crippen molar-refractivity contribution in [3.63, 3.8) is 0 Å². The molecule has 2 aromatic rings. The molecule has 1 saturated heterocycles. The van der Waals surface area contributed by atoms with Gasteiger partial charge in [-0.3, -0.25) is 4.79 Å². The molecule has 150 valence electrons. The number of para-hydroxylation sites is 1. The van der Waals surface area contributed by atoms with Gasteiger partial charge in [-0.1, -0.05) is 36.4 Å². The Morgan fingerprint density at radius 2 is 1.93 bits per heavy atom. The van der Waals surface area contributed by atoms with Gasteiger partial charge in [0, 0.05) is 35.5 Å². The molecule has 0 saturated carbocycles. The summed E-state index contributed by atoms with van der Waals surface area (Å²) >= 11 is 0. The van der Waals surface area contributed by atoms with Crippen LogP contribution < -0.4 is 5.32 Å². The van der Waals surface area contributed by atoms with Crippen LogP contribution in [0.15, 0.2) is 42.5 Å². The Balaban J connectivity index is 1.30. The van der Waals surface area contributed by atoms with Crippen LogP contribution in [0.3, 0.4) is 0 Å². The van der Waals surface area contributed by atoms with E-state index in [-0.39, 0.29) is 12.0 Å². The maximum atomic E-state index is 12.5. The van der Waals surface area contributed by atoms with Crippen LogP contribution in [-0.4, -0.2) is 41.7 Å². The van der Waals surface area contributed by atoms with Crippen LogP contribution in [0, 0.1) is 0 Å². The largest absolute Gasteiger partial charge is 0.487 e. The SMILES string of the molecule is O=C1Nc2ccccc2/C1=C1\OCc2cc(CCCN3CCC(O)CC3)ccc21. The van der Waals surface area contributed by atoms with E-state index in [1.165, 1.54) is 5.56 Å². The van der Waals surface area contributed by atoms with Crippen LogP contribution in [0.1, 0.15) is 41.5 Å². The molecule has 5 nitrogen and oxygen atoms in total. The number of benzene rings is 2. The number of nitrogens with one attached hydrogen (secondary N) is 1. The number of ether oxygens (including phenoxy) is 1. The van der Waals surface area contributed by atoms with Crippen LogP contribution >= 0.6 is 0 Å². The molecule has 0 unspecified atom stereocenters. The summed E-state index contributed by atoms with van der Waals surface area (Å²) in [7, 11) is 0. The molecule has 2 aromatic carbocycles. The number of anilines is 1. The first-order chi connectivity index (χ1) is 14.2. The third-order valence-corrected chi connectivity index (χ3v) is 6.18. The highest BCUT2D eigenvalue weighted by atomic mass is 16.5. The van der Waals surface area contributed by atoms with Gasteiger partial charge in [0.1, 0.15) is 12.4 Å². The van der Waals surface area contributed by atoms with Crippen molar-refractivity contribution in [2.24, 2.45) is 0 Å².